The predicted octanol–water partition coefficient (Wildman–Crippen LogP) is 3.82. The Morgan fingerprint density at radius 3 is 2.84 bits per heavy atom. The zero-order valence-corrected chi connectivity index (χ0v) is 14.9. The third-order valence-electron chi connectivity index (χ3n) is 4.11. The number of piperidine rings is 1. The molecule has 0 spiro atoms. The minimum atomic E-state index is -0.0692. The van der Waals surface area contributed by atoms with E-state index in [4.69, 9.17) is 21.1 Å². The molecule has 0 bridgehead atoms. The number of aromatic nitrogens is 1. The molecule has 6 heteroatoms. The molecule has 1 aliphatic rings. The second kappa shape index (κ2) is 8.21. The van der Waals surface area contributed by atoms with Crippen LogP contribution in [0.2, 0.25) is 5.02 Å². The fourth-order valence-corrected chi connectivity index (χ4v) is 3.06. The maximum Gasteiger partial charge on any atom is 0.253 e. The molecule has 1 aromatic heterocycles. The van der Waals surface area contributed by atoms with Crippen molar-refractivity contribution in [1.29, 1.82) is 0 Å². The Morgan fingerprint density at radius 1 is 1.32 bits per heavy atom. The molecule has 1 fully saturated rings. The maximum absolute atomic E-state index is 12.7. The van der Waals surface area contributed by atoms with E-state index in [2.05, 4.69) is 4.98 Å². The lowest BCUT2D eigenvalue weighted by molar-refractivity contribution is 0.0538. The Kier molecular flexibility index (Phi) is 5.76. The SMILES string of the molecule is CCOc1ccc(C(=O)N2CCCC(Oc3ccncc3Cl)C2)cc1. The van der Waals surface area contributed by atoms with Gasteiger partial charge in [0, 0.05) is 30.6 Å². The Labute approximate surface area is 152 Å². The molecule has 2 aromatic rings. The summed E-state index contributed by atoms with van der Waals surface area (Å²) < 4.78 is 11.4. The van der Waals surface area contributed by atoms with Gasteiger partial charge in [-0.05, 0) is 44.0 Å². The Balaban J connectivity index is 1.64. The number of nitrogens with zero attached hydrogens (tertiary/aromatic N) is 2. The summed E-state index contributed by atoms with van der Waals surface area (Å²) in [6.07, 6.45) is 4.93. The van der Waals surface area contributed by atoms with Gasteiger partial charge in [-0.2, -0.15) is 0 Å². The minimum absolute atomic E-state index is 0.0113. The molecular weight excluding hydrogens is 340 g/mol. The van der Waals surface area contributed by atoms with Crippen LogP contribution >= 0.6 is 11.6 Å². The topological polar surface area (TPSA) is 51.7 Å². The van der Waals surface area contributed by atoms with E-state index in [1.807, 2.05) is 24.0 Å². The van der Waals surface area contributed by atoms with Gasteiger partial charge in [0.15, 0.2) is 0 Å². The van der Waals surface area contributed by atoms with Crippen molar-refractivity contribution in [2.45, 2.75) is 25.9 Å². The largest absolute Gasteiger partial charge is 0.494 e. The third-order valence-corrected chi connectivity index (χ3v) is 4.39. The van der Waals surface area contributed by atoms with E-state index in [0.29, 0.717) is 29.5 Å². The van der Waals surface area contributed by atoms with Crippen LogP contribution < -0.4 is 9.47 Å². The molecule has 0 radical (unpaired) electrons. The summed E-state index contributed by atoms with van der Waals surface area (Å²) in [5.74, 6) is 1.39. The van der Waals surface area contributed by atoms with Crippen LogP contribution in [0.4, 0.5) is 0 Å². The molecule has 1 aliphatic heterocycles. The summed E-state index contributed by atoms with van der Waals surface area (Å²) in [6.45, 7) is 3.82. The molecule has 132 valence electrons. The highest BCUT2D eigenvalue weighted by molar-refractivity contribution is 6.31. The lowest BCUT2D eigenvalue weighted by atomic mass is 10.1. The normalized spacial score (nSPS) is 17.2. The minimum Gasteiger partial charge on any atom is -0.494 e. The van der Waals surface area contributed by atoms with Crippen LogP contribution in [-0.2, 0) is 0 Å². The van der Waals surface area contributed by atoms with Crippen molar-refractivity contribution >= 4 is 17.5 Å². The smallest absolute Gasteiger partial charge is 0.253 e. The van der Waals surface area contributed by atoms with Crippen molar-refractivity contribution in [2.75, 3.05) is 19.7 Å². The first-order valence-corrected chi connectivity index (χ1v) is 8.83. The summed E-state index contributed by atoms with van der Waals surface area (Å²) >= 11 is 6.10. The van der Waals surface area contributed by atoms with Gasteiger partial charge in [-0.3, -0.25) is 9.78 Å². The van der Waals surface area contributed by atoms with Crippen LogP contribution in [0, 0.1) is 0 Å². The van der Waals surface area contributed by atoms with Gasteiger partial charge in [-0.25, -0.2) is 0 Å². The van der Waals surface area contributed by atoms with E-state index >= 15 is 0 Å². The average Bonchev–Trinajstić information content (AvgIpc) is 2.64. The van der Waals surface area contributed by atoms with Crippen molar-refractivity contribution in [2.24, 2.45) is 0 Å². The summed E-state index contributed by atoms with van der Waals surface area (Å²) in [4.78, 5) is 18.5. The van der Waals surface area contributed by atoms with E-state index < -0.39 is 0 Å². The first-order valence-electron chi connectivity index (χ1n) is 8.45. The zero-order chi connectivity index (χ0) is 17.6. The summed E-state index contributed by atoms with van der Waals surface area (Å²) in [6, 6.07) is 9.00. The highest BCUT2D eigenvalue weighted by Crippen LogP contribution is 2.26. The summed E-state index contributed by atoms with van der Waals surface area (Å²) in [5, 5.41) is 0.484. The molecule has 1 atom stereocenters. The molecular formula is C19H21ClN2O3. The van der Waals surface area contributed by atoms with Gasteiger partial charge in [0.1, 0.15) is 22.6 Å². The average molecular weight is 361 g/mol. The number of pyridine rings is 1. The number of rotatable bonds is 5. The van der Waals surface area contributed by atoms with Gasteiger partial charge >= 0.3 is 0 Å². The first-order chi connectivity index (χ1) is 12.2. The second-order valence-corrected chi connectivity index (χ2v) is 6.30. The van der Waals surface area contributed by atoms with Crippen LogP contribution in [0.1, 0.15) is 30.1 Å². The van der Waals surface area contributed by atoms with E-state index in [9.17, 15) is 4.79 Å². The van der Waals surface area contributed by atoms with Crippen molar-refractivity contribution in [3.63, 3.8) is 0 Å². The van der Waals surface area contributed by atoms with Gasteiger partial charge < -0.3 is 14.4 Å². The van der Waals surface area contributed by atoms with Crippen molar-refractivity contribution in [3.05, 3.63) is 53.3 Å². The fourth-order valence-electron chi connectivity index (χ4n) is 2.90. The Bertz CT molecular complexity index is 721. The Morgan fingerprint density at radius 2 is 2.12 bits per heavy atom. The lowest BCUT2D eigenvalue weighted by Crippen LogP contribution is -2.44. The lowest BCUT2D eigenvalue weighted by Gasteiger charge is -2.33. The molecule has 5 nitrogen and oxygen atoms in total. The number of benzene rings is 1. The molecule has 2 heterocycles. The molecule has 1 saturated heterocycles. The molecule has 1 aromatic carbocycles. The molecule has 0 aliphatic carbocycles. The van der Waals surface area contributed by atoms with Crippen LogP contribution in [0.15, 0.2) is 42.7 Å². The van der Waals surface area contributed by atoms with E-state index in [0.717, 1.165) is 25.1 Å². The highest BCUT2D eigenvalue weighted by Gasteiger charge is 2.26. The number of hydrogen-bond acceptors (Lipinski definition) is 4. The Hall–Kier alpha value is -2.27. The standard InChI is InChI=1S/C19H21ClN2O3/c1-2-24-15-7-5-14(6-8-15)19(23)22-11-3-4-16(13-22)25-18-9-10-21-12-17(18)20/h5-10,12,16H,2-4,11,13H2,1H3. The number of carbonyl (C=O) groups excluding carboxylic acids is 1. The monoisotopic (exact) mass is 360 g/mol. The van der Waals surface area contributed by atoms with E-state index in [1.165, 1.54) is 0 Å². The number of amides is 1. The summed E-state index contributed by atoms with van der Waals surface area (Å²) in [5.41, 5.74) is 0.658. The zero-order valence-electron chi connectivity index (χ0n) is 14.2. The predicted molar refractivity (Wildman–Crippen MR) is 96.4 cm³/mol. The fraction of sp³-hybridized carbons (Fsp3) is 0.368. The van der Waals surface area contributed by atoms with E-state index in [1.54, 1.807) is 30.6 Å². The molecule has 0 N–H and O–H groups in total. The number of halogens is 1. The number of carbonyl (C=O) groups is 1. The van der Waals surface area contributed by atoms with Crippen molar-refractivity contribution in [1.82, 2.24) is 9.88 Å². The van der Waals surface area contributed by atoms with Gasteiger partial charge in [0.25, 0.3) is 5.91 Å². The van der Waals surface area contributed by atoms with Gasteiger partial charge in [0.2, 0.25) is 0 Å². The van der Waals surface area contributed by atoms with Crippen LogP contribution in [0.5, 0.6) is 11.5 Å². The summed E-state index contributed by atoms with van der Waals surface area (Å²) in [7, 11) is 0. The third kappa shape index (κ3) is 4.42. The molecule has 1 unspecified atom stereocenters. The van der Waals surface area contributed by atoms with Crippen LogP contribution in [0.25, 0.3) is 0 Å². The van der Waals surface area contributed by atoms with Crippen LogP contribution in [0.3, 0.4) is 0 Å². The quantitative estimate of drug-likeness (QED) is 0.813. The molecule has 1 amide bonds. The molecule has 0 saturated carbocycles. The maximum atomic E-state index is 12.7. The first kappa shape index (κ1) is 17.5. The number of hydrogen-bond donors (Lipinski definition) is 0. The molecule has 3 rings (SSSR count). The number of ether oxygens (including phenoxy) is 2. The van der Waals surface area contributed by atoms with Crippen molar-refractivity contribution in [3.8, 4) is 11.5 Å². The second-order valence-electron chi connectivity index (χ2n) is 5.90. The van der Waals surface area contributed by atoms with Crippen molar-refractivity contribution < 1.29 is 14.3 Å². The van der Waals surface area contributed by atoms with Gasteiger partial charge in [-0.15, -0.1) is 0 Å². The highest BCUT2D eigenvalue weighted by atomic mass is 35.5. The van der Waals surface area contributed by atoms with E-state index in [-0.39, 0.29) is 12.0 Å². The number of likely N-dealkylation sites (tertiary alicyclic amines) is 1. The van der Waals surface area contributed by atoms with Gasteiger partial charge in [0.05, 0.1) is 13.2 Å². The van der Waals surface area contributed by atoms with Crippen LogP contribution in [-0.4, -0.2) is 41.6 Å². The van der Waals surface area contributed by atoms with Gasteiger partial charge in [-0.1, -0.05) is 11.6 Å². The molecule has 25 heavy (non-hydrogen) atoms.